The Balaban J connectivity index is 3.01. The van der Waals surface area contributed by atoms with E-state index in [2.05, 4.69) is 4.74 Å². The Bertz CT molecular complexity index is 340. The lowest BCUT2D eigenvalue weighted by molar-refractivity contribution is -0.0523. The standard InChI is InChI=1S/C10H12F3NOS/c1-5(2)16-9-4-8(15-10(12)13)6(11)3-7(9)14/h3-5,10H,14H2,1-2H3. The van der Waals surface area contributed by atoms with Gasteiger partial charge < -0.3 is 10.5 Å². The van der Waals surface area contributed by atoms with E-state index >= 15 is 0 Å². The number of hydrogen-bond acceptors (Lipinski definition) is 3. The maximum atomic E-state index is 13.2. The number of anilines is 1. The van der Waals surface area contributed by atoms with Crippen LogP contribution in [0.4, 0.5) is 18.9 Å². The highest BCUT2D eigenvalue weighted by Crippen LogP contribution is 2.34. The summed E-state index contributed by atoms with van der Waals surface area (Å²) in [5.41, 5.74) is 5.79. The minimum atomic E-state index is -3.05. The van der Waals surface area contributed by atoms with Crippen LogP contribution in [0.5, 0.6) is 5.75 Å². The first kappa shape index (κ1) is 13.0. The molecule has 1 aromatic carbocycles. The van der Waals surface area contributed by atoms with Crippen LogP contribution in [0.25, 0.3) is 0 Å². The van der Waals surface area contributed by atoms with Crippen molar-refractivity contribution < 1.29 is 17.9 Å². The molecule has 0 saturated carbocycles. The average Bonchev–Trinajstić information content (AvgIpc) is 2.11. The minimum Gasteiger partial charge on any atom is -0.432 e. The Hall–Kier alpha value is -1.04. The second-order valence-electron chi connectivity index (χ2n) is 3.37. The molecule has 0 aliphatic heterocycles. The summed E-state index contributed by atoms with van der Waals surface area (Å²) in [6.45, 7) is 0.789. The van der Waals surface area contributed by atoms with Gasteiger partial charge in [0.25, 0.3) is 0 Å². The van der Waals surface area contributed by atoms with Crippen molar-refractivity contribution in [3.63, 3.8) is 0 Å². The van der Waals surface area contributed by atoms with E-state index in [1.807, 2.05) is 13.8 Å². The normalized spacial score (nSPS) is 11.2. The Labute approximate surface area is 96.0 Å². The van der Waals surface area contributed by atoms with E-state index in [0.717, 1.165) is 6.07 Å². The fourth-order valence-electron chi connectivity index (χ4n) is 1.09. The molecule has 0 aliphatic carbocycles. The molecule has 2 nitrogen and oxygen atoms in total. The van der Waals surface area contributed by atoms with E-state index in [-0.39, 0.29) is 10.9 Å². The van der Waals surface area contributed by atoms with Gasteiger partial charge in [0.05, 0.1) is 0 Å². The first-order chi connectivity index (χ1) is 7.40. The van der Waals surface area contributed by atoms with Crippen molar-refractivity contribution in [3.05, 3.63) is 17.9 Å². The number of alkyl halides is 2. The van der Waals surface area contributed by atoms with Crippen molar-refractivity contribution in [3.8, 4) is 5.75 Å². The van der Waals surface area contributed by atoms with Gasteiger partial charge in [0.15, 0.2) is 11.6 Å². The molecular weight excluding hydrogens is 239 g/mol. The molecule has 0 unspecified atom stereocenters. The lowest BCUT2D eigenvalue weighted by Gasteiger charge is -2.12. The molecule has 2 N–H and O–H groups in total. The predicted molar refractivity (Wildman–Crippen MR) is 58.4 cm³/mol. The van der Waals surface area contributed by atoms with Gasteiger partial charge in [0, 0.05) is 21.9 Å². The smallest absolute Gasteiger partial charge is 0.387 e. The zero-order valence-corrected chi connectivity index (χ0v) is 9.65. The Morgan fingerprint density at radius 1 is 1.31 bits per heavy atom. The first-order valence-corrected chi connectivity index (χ1v) is 5.48. The monoisotopic (exact) mass is 251 g/mol. The van der Waals surface area contributed by atoms with Crippen LogP contribution in [0, 0.1) is 5.82 Å². The van der Waals surface area contributed by atoms with Crippen LogP contribution in [-0.4, -0.2) is 11.9 Å². The van der Waals surface area contributed by atoms with Gasteiger partial charge in [-0.25, -0.2) is 4.39 Å². The summed E-state index contributed by atoms with van der Waals surface area (Å²) in [5.74, 6) is -1.36. The molecule has 0 atom stereocenters. The topological polar surface area (TPSA) is 35.2 Å². The van der Waals surface area contributed by atoms with Gasteiger partial charge >= 0.3 is 6.61 Å². The third-order valence-electron chi connectivity index (χ3n) is 1.64. The maximum absolute atomic E-state index is 13.2. The second-order valence-corrected chi connectivity index (χ2v) is 4.98. The zero-order valence-electron chi connectivity index (χ0n) is 8.84. The van der Waals surface area contributed by atoms with Gasteiger partial charge in [-0.3, -0.25) is 0 Å². The molecule has 1 rings (SSSR count). The predicted octanol–water partition coefficient (Wildman–Crippen LogP) is 3.51. The Morgan fingerprint density at radius 3 is 2.44 bits per heavy atom. The number of benzene rings is 1. The summed E-state index contributed by atoms with van der Waals surface area (Å²) in [5, 5.41) is 0.215. The van der Waals surface area contributed by atoms with E-state index < -0.39 is 18.2 Å². The van der Waals surface area contributed by atoms with Crippen molar-refractivity contribution in [1.29, 1.82) is 0 Å². The van der Waals surface area contributed by atoms with Gasteiger partial charge in [-0.15, -0.1) is 11.8 Å². The number of halogens is 3. The van der Waals surface area contributed by atoms with Crippen LogP contribution in [0.3, 0.4) is 0 Å². The van der Waals surface area contributed by atoms with Crippen LogP contribution in [0.1, 0.15) is 13.8 Å². The summed E-state index contributed by atoms with van der Waals surface area (Å²) in [6.07, 6.45) is 0. The van der Waals surface area contributed by atoms with Gasteiger partial charge in [-0.1, -0.05) is 13.8 Å². The SMILES string of the molecule is CC(C)Sc1cc(OC(F)F)c(F)cc1N. The van der Waals surface area contributed by atoms with E-state index in [0.29, 0.717) is 4.90 Å². The van der Waals surface area contributed by atoms with E-state index in [9.17, 15) is 13.2 Å². The van der Waals surface area contributed by atoms with Crippen molar-refractivity contribution in [1.82, 2.24) is 0 Å². The zero-order chi connectivity index (χ0) is 12.3. The molecule has 1 aromatic rings. The van der Waals surface area contributed by atoms with Crippen LogP contribution in [-0.2, 0) is 0 Å². The second kappa shape index (κ2) is 5.34. The number of thioether (sulfide) groups is 1. The third kappa shape index (κ3) is 3.52. The van der Waals surface area contributed by atoms with Gasteiger partial charge in [0.1, 0.15) is 0 Å². The van der Waals surface area contributed by atoms with Crippen LogP contribution in [0.2, 0.25) is 0 Å². The van der Waals surface area contributed by atoms with E-state index in [1.54, 1.807) is 0 Å². The lowest BCUT2D eigenvalue weighted by Crippen LogP contribution is -2.05. The van der Waals surface area contributed by atoms with Crippen LogP contribution >= 0.6 is 11.8 Å². The van der Waals surface area contributed by atoms with Crippen molar-refractivity contribution in [2.75, 3.05) is 5.73 Å². The summed E-state index contributed by atoms with van der Waals surface area (Å²) in [4.78, 5) is 0.534. The molecule has 0 aromatic heterocycles. The summed E-state index contributed by atoms with van der Waals surface area (Å²) >= 11 is 1.36. The van der Waals surface area contributed by atoms with Crippen molar-refractivity contribution >= 4 is 17.4 Å². The summed E-state index contributed by atoms with van der Waals surface area (Å²) < 4.78 is 41.2. The van der Waals surface area contributed by atoms with Crippen LogP contribution in [0.15, 0.2) is 17.0 Å². The molecule has 0 bridgehead atoms. The Morgan fingerprint density at radius 2 is 1.94 bits per heavy atom. The summed E-state index contributed by atoms with van der Waals surface area (Å²) in [7, 11) is 0. The average molecular weight is 251 g/mol. The summed E-state index contributed by atoms with van der Waals surface area (Å²) in [6, 6.07) is 2.18. The fraction of sp³-hybridized carbons (Fsp3) is 0.400. The highest BCUT2D eigenvalue weighted by molar-refractivity contribution is 8.00. The van der Waals surface area contributed by atoms with Gasteiger partial charge in [-0.2, -0.15) is 8.78 Å². The quantitative estimate of drug-likeness (QED) is 0.657. The number of nitrogen functional groups attached to an aromatic ring is 1. The molecule has 0 radical (unpaired) electrons. The number of rotatable bonds is 4. The molecule has 0 spiro atoms. The molecule has 0 fully saturated rings. The van der Waals surface area contributed by atoms with Crippen molar-refractivity contribution in [2.24, 2.45) is 0 Å². The Kier molecular flexibility index (Phi) is 4.35. The highest BCUT2D eigenvalue weighted by Gasteiger charge is 2.14. The molecule has 90 valence electrons. The molecule has 6 heteroatoms. The number of hydrogen-bond donors (Lipinski definition) is 1. The maximum Gasteiger partial charge on any atom is 0.387 e. The van der Waals surface area contributed by atoms with Crippen LogP contribution < -0.4 is 10.5 Å². The lowest BCUT2D eigenvalue weighted by atomic mass is 10.3. The minimum absolute atomic E-state index is 0.215. The molecule has 16 heavy (non-hydrogen) atoms. The molecular formula is C10H12F3NOS. The van der Waals surface area contributed by atoms with E-state index in [4.69, 9.17) is 5.73 Å². The fourth-order valence-corrected chi connectivity index (χ4v) is 1.97. The molecule has 0 saturated heterocycles. The highest BCUT2D eigenvalue weighted by atomic mass is 32.2. The molecule has 0 amide bonds. The van der Waals surface area contributed by atoms with E-state index in [1.165, 1.54) is 17.8 Å². The number of nitrogens with two attached hydrogens (primary N) is 1. The largest absolute Gasteiger partial charge is 0.432 e. The first-order valence-electron chi connectivity index (χ1n) is 4.60. The third-order valence-corrected chi connectivity index (χ3v) is 2.72. The van der Waals surface area contributed by atoms with Gasteiger partial charge in [0.2, 0.25) is 0 Å². The van der Waals surface area contributed by atoms with Gasteiger partial charge in [-0.05, 0) is 6.07 Å². The molecule has 0 aliphatic rings. The van der Waals surface area contributed by atoms with Crippen molar-refractivity contribution in [2.45, 2.75) is 30.6 Å². The molecule has 0 heterocycles. The number of ether oxygens (including phenoxy) is 1.